The van der Waals surface area contributed by atoms with E-state index in [1.165, 1.54) is 50.0 Å². The summed E-state index contributed by atoms with van der Waals surface area (Å²) in [5, 5.41) is 2.87. The number of fused-ring (bicyclic) bond motifs is 3. The highest BCUT2D eigenvalue weighted by molar-refractivity contribution is 7.89. The fraction of sp³-hybridized carbons (Fsp3) is 0.174. The number of sulfonamides is 1. The largest absolute Gasteiger partial charge is 0.495 e. The molecule has 6 nitrogen and oxygen atoms in total. The van der Waals surface area contributed by atoms with E-state index in [4.69, 9.17) is 4.74 Å². The number of rotatable bonds is 5. The number of ether oxygens (including phenoxy) is 1. The monoisotopic (exact) mass is 422 g/mol. The summed E-state index contributed by atoms with van der Waals surface area (Å²) in [5.74, 6) is -0.195. The van der Waals surface area contributed by atoms with Crippen molar-refractivity contribution in [3.63, 3.8) is 0 Å². The Morgan fingerprint density at radius 3 is 2.43 bits per heavy atom. The molecule has 0 heterocycles. The molecule has 4 rings (SSSR count). The second-order valence-electron chi connectivity index (χ2n) is 7.31. The van der Waals surface area contributed by atoms with Crippen molar-refractivity contribution in [2.45, 2.75) is 11.3 Å². The van der Waals surface area contributed by atoms with Gasteiger partial charge in [0.25, 0.3) is 5.91 Å². The van der Waals surface area contributed by atoms with E-state index in [1.54, 1.807) is 6.07 Å². The van der Waals surface area contributed by atoms with Crippen molar-refractivity contribution >= 4 is 21.6 Å². The van der Waals surface area contributed by atoms with Gasteiger partial charge in [-0.3, -0.25) is 4.79 Å². The van der Waals surface area contributed by atoms with Crippen LogP contribution in [0.2, 0.25) is 0 Å². The van der Waals surface area contributed by atoms with Crippen molar-refractivity contribution in [1.29, 1.82) is 0 Å². The number of hydrogen-bond donors (Lipinski definition) is 1. The fourth-order valence-corrected chi connectivity index (χ4v) is 4.72. The highest BCUT2D eigenvalue weighted by atomic mass is 32.2. The summed E-state index contributed by atoms with van der Waals surface area (Å²) in [6.07, 6.45) is 0.822. The first kappa shape index (κ1) is 20.1. The Bertz CT molecular complexity index is 1250. The third-order valence-electron chi connectivity index (χ3n) is 5.24. The van der Waals surface area contributed by atoms with Crippen molar-refractivity contribution < 1.29 is 17.9 Å². The number of nitrogens with zero attached hydrogens (tertiary/aromatic N) is 1. The SMILES string of the molecule is COc1ccc(C(=O)Nc2ccc3c(c2)Cc2ccccc2-3)cc1S(=O)(=O)N(C)C. The lowest BCUT2D eigenvalue weighted by Gasteiger charge is -2.15. The van der Waals surface area contributed by atoms with Gasteiger partial charge in [0.05, 0.1) is 7.11 Å². The summed E-state index contributed by atoms with van der Waals surface area (Å²) in [6, 6.07) is 18.5. The van der Waals surface area contributed by atoms with Crippen molar-refractivity contribution in [3.05, 3.63) is 77.4 Å². The van der Waals surface area contributed by atoms with Gasteiger partial charge >= 0.3 is 0 Å². The number of carbonyl (C=O) groups excluding carboxylic acids is 1. The minimum Gasteiger partial charge on any atom is -0.495 e. The highest BCUT2D eigenvalue weighted by Gasteiger charge is 2.24. The number of methoxy groups -OCH3 is 1. The molecule has 0 saturated carbocycles. The second-order valence-corrected chi connectivity index (χ2v) is 9.43. The van der Waals surface area contributed by atoms with E-state index in [1.807, 2.05) is 30.3 Å². The van der Waals surface area contributed by atoms with E-state index in [0.29, 0.717) is 5.69 Å². The highest BCUT2D eigenvalue weighted by Crippen LogP contribution is 2.37. The van der Waals surface area contributed by atoms with Crippen LogP contribution in [-0.2, 0) is 16.4 Å². The van der Waals surface area contributed by atoms with E-state index >= 15 is 0 Å². The van der Waals surface area contributed by atoms with Crippen LogP contribution in [-0.4, -0.2) is 39.8 Å². The van der Waals surface area contributed by atoms with E-state index in [9.17, 15) is 13.2 Å². The lowest BCUT2D eigenvalue weighted by molar-refractivity contribution is 0.102. The summed E-state index contributed by atoms with van der Waals surface area (Å²) in [7, 11) is 0.506. The summed E-state index contributed by atoms with van der Waals surface area (Å²) in [6.45, 7) is 0. The third-order valence-corrected chi connectivity index (χ3v) is 7.07. The van der Waals surface area contributed by atoms with Gasteiger partial charge in [-0.15, -0.1) is 0 Å². The zero-order chi connectivity index (χ0) is 21.5. The van der Waals surface area contributed by atoms with Gasteiger partial charge in [0.2, 0.25) is 10.0 Å². The molecule has 1 amide bonds. The van der Waals surface area contributed by atoms with Crippen LogP contribution in [0.5, 0.6) is 5.75 Å². The summed E-state index contributed by atoms with van der Waals surface area (Å²) in [4.78, 5) is 12.8. The van der Waals surface area contributed by atoms with Crippen LogP contribution in [0.4, 0.5) is 5.69 Å². The Morgan fingerprint density at radius 1 is 0.967 bits per heavy atom. The average Bonchev–Trinajstić information content (AvgIpc) is 3.10. The number of amides is 1. The van der Waals surface area contributed by atoms with Gasteiger partial charge in [0, 0.05) is 25.3 Å². The number of anilines is 1. The standard InChI is InChI=1S/C23H22N2O4S/c1-25(2)30(27,28)22-14-16(8-11-21(22)29-3)23(26)24-18-9-10-20-17(13-18)12-15-6-4-5-7-19(15)20/h4-11,13-14H,12H2,1-3H3,(H,24,26). The molecule has 3 aromatic carbocycles. The summed E-state index contributed by atoms with van der Waals surface area (Å²) in [5.41, 5.74) is 5.72. The Hall–Kier alpha value is -3.16. The van der Waals surface area contributed by atoms with E-state index in [2.05, 4.69) is 17.4 Å². The van der Waals surface area contributed by atoms with Crippen molar-refractivity contribution in [3.8, 4) is 16.9 Å². The molecule has 1 N–H and O–H groups in total. The minimum absolute atomic E-state index is 0.0490. The molecule has 7 heteroatoms. The Balaban J connectivity index is 1.62. The molecule has 0 aliphatic heterocycles. The second kappa shape index (κ2) is 7.59. The molecule has 3 aromatic rings. The van der Waals surface area contributed by atoms with E-state index in [0.717, 1.165) is 16.3 Å². The first-order chi connectivity index (χ1) is 14.3. The minimum atomic E-state index is -3.76. The van der Waals surface area contributed by atoms with Gasteiger partial charge in [-0.2, -0.15) is 0 Å². The molecule has 0 atom stereocenters. The van der Waals surface area contributed by atoms with E-state index < -0.39 is 10.0 Å². The topological polar surface area (TPSA) is 75.7 Å². The van der Waals surface area contributed by atoms with Gasteiger partial charge < -0.3 is 10.1 Å². The van der Waals surface area contributed by atoms with Gasteiger partial charge in [0.1, 0.15) is 10.6 Å². The van der Waals surface area contributed by atoms with Crippen LogP contribution in [0.25, 0.3) is 11.1 Å². The summed E-state index contributed by atoms with van der Waals surface area (Å²) >= 11 is 0. The van der Waals surface area contributed by atoms with Gasteiger partial charge in [-0.25, -0.2) is 12.7 Å². The molecule has 0 spiro atoms. The molecule has 1 aliphatic rings. The van der Waals surface area contributed by atoms with Crippen LogP contribution in [0.1, 0.15) is 21.5 Å². The normalized spacial score (nSPS) is 12.4. The zero-order valence-corrected chi connectivity index (χ0v) is 17.8. The molecule has 1 aliphatic carbocycles. The lowest BCUT2D eigenvalue weighted by Crippen LogP contribution is -2.23. The Morgan fingerprint density at radius 2 is 1.70 bits per heavy atom. The maximum absolute atomic E-state index is 12.8. The predicted octanol–water partition coefficient (Wildman–Crippen LogP) is 3.77. The Labute approximate surface area is 176 Å². The molecule has 154 valence electrons. The molecule has 0 saturated heterocycles. The number of benzene rings is 3. The number of nitrogens with one attached hydrogen (secondary N) is 1. The molecule has 30 heavy (non-hydrogen) atoms. The summed E-state index contributed by atoms with van der Waals surface area (Å²) < 4.78 is 31.5. The van der Waals surface area contributed by atoms with Gasteiger partial charge in [-0.1, -0.05) is 30.3 Å². The molecule has 0 fully saturated rings. The molecular weight excluding hydrogens is 400 g/mol. The first-order valence-electron chi connectivity index (χ1n) is 9.44. The first-order valence-corrected chi connectivity index (χ1v) is 10.9. The lowest BCUT2D eigenvalue weighted by atomic mass is 10.1. The predicted molar refractivity (Wildman–Crippen MR) is 117 cm³/mol. The quantitative estimate of drug-likeness (QED) is 0.531. The molecule has 0 unspecified atom stereocenters. The number of hydrogen-bond acceptors (Lipinski definition) is 4. The van der Waals surface area contributed by atoms with Gasteiger partial charge in [0.15, 0.2) is 0 Å². The zero-order valence-electron chi connectivity index (χ0n) is 17.0. The fourth-order valence-electron chi connectivity index (χ4n) is 3.64. The van der Waals surface area contributed by atoms with Crippen molar-refractivity contribution in [1.82, 2.24) is 4.31 Å². The maximum atomic E-state index is 12.8. The Kier molecular flexibility index (Phi) is 5.09. The van der Waals surface area contributed by atoms with E-state index in [-0.39, 0.29) is 22.1 Å². The molecule has 0 bridgehead atoms. The van der Waals surface area contributed by atoms with Gasteiger partial charge in [-0.05, 0) is 59.0 Å². The average molecular weight is 423 g/mol. The smallest absolute Gasteiger partial charge is 0.255 e. The number of carbonyl (C=O) groups is 1. The maximum Gasteiger partial charge on any atom is 0.255 e. The van der Waals surface area contributed by atoms with Crippen molar-refractivity contribution in [2.24, 2.45) is 0 Å². The van der Waals surface area contributed by atoms with Crippen molar-refractivity contribution in [2.75, 3.05) is 26.5 Å². The molecular formula is C23H22N2O4S. The van der Waals surface area contributed by atoms with Crippen LogP contribution in [0.15, 0.2) is 65.6 Å². The van der Waals surface area contributed by atoms with Crippen LogP contribution in [0.3, 0.4) is 0 Å². The van der Waals surface area contributed by atoms with Crippen LogP contribution in [0, 0.1) is 0 Å². The van der Waals surface area contributed by atoms with Crippen LogP contribution < -0.4 is 10.1 Å². The van der Waals surface area contributed by atoms with Crippen LogP contribution >= 0.6 is 0 Å². The third kappa shape index (κ3) is 3.46. The molecule has 0 radical (unpaired) electrons. The molecule has 0 aromatic heterocycles.